The lowest BCUT2D eigenvalue weighted by molar-refractivity contribution is 0.101. The second kappa shape index (κ2) is 4.96. The van der Waals surface area contributed by atoms with Gasteiger partial charge in [0.1, 0.15) is 5.75 Å². The molecule has 0 spiro atoms. The maximum atomic E-state index is 12.1. The zero-order valence-corrected chi connectivity index (χ0v) is 10.5. The van der Waals surface area contributed by atoms with Gasteiger partial charge in [-0.05, 0) is 29.2 Å². The van der Waals surface area contributed by atoms with Crippen molar-refractivity contribution >= 4 is 24.4 Å². The molecule has 1 aliphatic heterocycles. The number of ether oxygens (including phenoxy) is 1. The van der Waals surface area contributed by atoms with Crippen molar-refractivity contribution in [3.05, 3.63) is 65.4 Å². The number of hydrogen-bond donors (Lipinski definition) is 2. The summed E-state index contributed by atoms with van der Waals surface area (Å²) in [4.78, 5) is 12.1. The van der Waals surface area contributed by atoms with E-state index < -0.39 is 7.12 Å². The number of benzene rings is 2. The number of carbonyl (C=O) groups excluding carboxylic acids is 1. The molecule has 0 aliphatic carbocycles. The van der Waals surface area contributed by atoms with E-state index in [0.717, 1.165) is 5.56 Å². The van der Waals surface area contributed by atoms with E-state index in [1.807, 2.05) is 6.07 Å². The average Bonchev–Trinajstić information content (AvgIpc) is 2.77. The summed E-state index contributed by atoms with van der Waals surface area (Å²) in [6.07, 6.45) is 1.63. The standard InChI is InChI=1S/C15H11BO4/c17-15-12-3-1-2-4-13(12)20-14(15)9-10-5-7-11(8-6-10)16(18)19/h1-9,18-19H/b14-9-. The Balaban J connectivity index is 1.89. The van der Waals surface area contributed by atoms with Crippen LogP contribution in [0.5, 0.6) is 5.75 Å². The smallest absolute Gasteiger partial charge is 0.452 e. The Hall–Kier alpha value is -2.37. The fourth-order valence-electron chi connectivity index (χ4n) is 2.05. The first-order chi connectivity index (χ1) is 9.65. The molecule has 2 aromatic rings. The van der Waals surface area contributed by atoms with E-state index in [1.165, 1.54) is 0 Å². The van der Waals surface area contributed by atoms with Crippen LogP contribution in [0.4, 0.5) is 0 Å². The number of fused-ring (bicyclic) bond motifs is 1. The second-order valence-electron chi connectivity index (χ2n) is 4.48. The van der Waals surface area contributed by atoms with Gasteiger partial charge in [0.25, 0.3) is 0 Å². The molecular weight excluding hydrogens is 255 g/mol. The molecule has 0 fully saturated rings. The van der Waals surface area contributed by atoms with Crippen LogP contribution in [0.25, 0.3) is 6.08 Å². The lowest BCUT2D eigenvalue weighted by Gasteiger charge is -2.01. The van der Waals surface area contributed by atoms with Crippen molar-refractivity contribution in [1.82, 2.24) is 0 Å². The van der Waals surface area contributed by atoms with Gasteiger partial charge in [-0.1, -0.05) is 36.4 Å². The van der Waals surface area contributed by atoms with Crippen LogP contribution < -0.4 is 10.2 Å². The molecule has 98 valence electrons. The van der Waals surface area contributed by atoms with E-state index in [0.29, 0.717) is 16.8 Å². The van der Waals surface area contributed by atoms with Crippen LogP contribution >= 0.6 is 0 Å². The fourth-order valence-corrected chi connectivity index (χ4v) is 2.05. The Bertz CT molecular complexity index is 689. The summed E-state index contributed by atoms with van der Waals surface area (Å²) in [6.45, 7) is 0. The van der Waals surface area contributed by atoms with Gasteiger partial charge in [0, 0.05) is 0 Å². The first-order valence-corrected chi connectivity index (χ1v) is 6.14. The van der Waals surface area contributed by atoms with Crippen molar-refractivity contribution in [3.8, 4) is 5.75 Å². The summed E-state index contributed by atoms with van der Waals surface area (Å²) < 4.78 is 5.51. The number of para-hydroxylation sites is 1. The van der Waals surface area contributed by atoms with Gasteiger partial charge in [-0.3, -0.25) is 4.79 Å². The lowest BCUT2D eigenvalue weighted by Crippen LogP contribution is -2.29. The molecule has 1 aliphatic rings. The molecule has 1 heterocycles. The van der Waals surface area contributed by atoms with E-state index in [4.69, 9.17) is 14.8 Å². The minimum atomic E-state index is -1.50. The number of Topliss-reactive ketones (excluding diaryl/α,β-unsaturated/α-hetero) is 1. The first-order valence-electron chi connectivity index (χ1n) is 6.14. The van der Waals surface area contributed by atoms with Crippen LogP contribution in [-0.4, -0.2) is 22.9 Å². The molecule has 0 aromatic heterocycles. The van der Waals surface area contributed by atoms with Crippen molar-refractivity contribution < 1.29 is 19.6 Å². The summed E-state index contributed by atoms with van der Waals surface area (Å²) in [6, 6.07) is 13.6. The SMILES string of the molecule is O=C1/C(=C/c2ccc(B(O)O)cc2)Oc2ccccc21. The number of carbonyl (C=O) groups is 1. The summed E-state index contributed by atoms with van der Waals surface area (Å²) in [5.41, 5.74) is 1.71. The van der Waals surface area contributed by atoms with E-state index >= 15 is 0 Å². The zero-order valence-electron chi connectivity index (χ0n) is 10.5. The van der Waals surface area contributed by atoms with Crippen molar-refractivity contribution in [3.63, 3.8) is 0 Å². The van der Waals surface area contributed by atoms with Gasteiger partial charge < -0.3 is 14.8 Å². The summed E-state index contributed by atoms with van der Waals surface area (Å²) in [5, 5.41) is 18.0. The second-order valence-corrected chi connectivity index (χ2v) is 4.48. The van der Waals surface area contributed by atoms with Gasteiger partial charge in [-0.25, -0.2) is 0 Å². The van der Waals surface area contributed by atoms with E-state index in [2.05, 4.69) is 0 Å². The molecule has 2 aromatic carbocycles. The molecule has 2 N–H and O–H groups in total. The van der Waals surface area contributed by atoms with Gasteiger partial charge in [0.05, 0.1) is 5.56 Å². The van der Waals surface area contributed by atoms with Crippen molar-refractivity contribution in [2.75, 3.05) is 0 Å². The molecular formula is C15H11BO4. The summed E-state index contributed by atoms with van der Waals surface area (Å²) >= 11 is 0. The van der Waals surface area contributed by atoms with Crippen molar-refractivity contribution in [2.24, 2.45) is 0 Å². The van der Waals surface area contributed by atoms with Gasteiger partial charge in [0.2, 0.25) is 5.78 Å². The molecule has 0 amide bonds. The molecule has 0 saturated heterocycles. The molecule has 4 nitrogen and oxygen atoms in total. The topological polar surface area (TPSA) is 66.8 Å². The largest absolute Gasteiger partial charge is 0.488 e. The van der Waals surface area contributed by atoms with E-state index in [-0.39, 0.29) is 11.5 Å². The Kier molecular flexibility index (Phi) is 3.14. The minimum Gasteiger partial charge on any atom is -0.452 e. The highest BCUT2D eigenvalue weighted by Crippen LogP contribution is 2.31. The highest BCUT2D eigenvalue weighted by molar-refractivity contribution is 6.58. The molecule has 3 rings (SSSR count). The molecule has 0 saturated carbocycles. The van der Waals surface area contributed by atoms with Crippen LogP contribution in [0.1, 0.15) is 15.9 Å². The first kappa shape index (κ1) is 12.7. The molecule has 0 radical (unpaired) electrons. The highest BCUT2D eigenvalue weighted by atomic mass is 16.5. The molecule has 0 unspecified atom stereocenters. The predicted molar refractivity (Wildman–Crippen MR) is 75.6 cm³/mol. The number of ketones is 1. The fraction of sp³-hybridized carbons (Fsp3) is 0. The molecule has 20 heavy (non-hydrogen) atoms. The quantitative estimate of drug-likeness (QED) is 0.628. The van der Waals surface area contributed by atoms with Gasteiger partial charge in [-0.2, -0.15) is 0 Å². The van der Waals surface area contributed by atoms with Crippen LogP contribution in [0, 0.1) is 0 Å². The van der Waals surface area contributed by atoms with E-state index in [9.17, 15) is 4.79 Å². The zero-order chi connectivity index (χ0) is 14.1. The Morgan fingerprint density at radius 3 is 2.35 bits per heavy atom. The third-order valence-electron chi connectivity index (χ3n) is 3.11. The number of allylic oxidation sites excluding steroid dienone is 1. The summed E-state index contributed by atoms with van der Waals surface area (Å²) in [7, 11) is -1.50. The molecule has 5 heteroatoms. The number of rotatable bonds is 2. The normalized spacial score (nSPS) is 15.1. The highest BCUT2D eigenvalue weighted by Gasteiger charge is 2.26. The van der Waals surface area contributed by atoms with Crippen LogP contribution in [-0.2, 0) is 0 Å². The average molecular weight is 266 g/mol. The van der Waals surface area contributed by atoms with Crippen LogP contribution in [0.3, 0.4) is 0 Å². The third kappa shape index (κ3) is 2.24. The van der Waals surface area contributed by atoms with Crippen molar-refractivity contribution in [1.29, 1.82) is 0 Å². The third-order valence-corrected chi connectivity index (χ3v) is 3.11. The van der Waals surface area contributed by atoms with Gasteiger partial charge in [-0.15, -0.1) is 0 Å². The predicted octanol–water partition coefficient (Wildman–Crippen LogP) is 0.983. The van der Waals surface area contributed by atoms with Gasteiger partial charge in [0.15, 0.2) is 5.76 Å². The van der Waals surface area contributed by atoms with Gasteiger partial charge >= 0.3 is 7.12 Å². The Morgan fingerprint density at radius 1 is 1.00 bits per heavy atom. The van der Waals surface area contributed by atoms with Crippen molar-refractivity contribution in [2.45, 2.75) is 0 Å². The summed E-state index contributed by atoms with van der Waals surface area (Å²) in [5.74, 6) is 0.682. The molecule has 0 bridgehead atoms. The monoisotopic (exact) mass is 266 g/mol. The maximum Gasteiger partial charge on any atom is 0.488 e. The lowest BCUT2D eigenvalue weighted by atomic mass is 9.80. The number of hydrogen-bond acceptors (Lipinski definition) is 4. The van der Waals surface area contributed by atoms with E-state index in [1.54, 1.807) is 48.5 Å². The Morgan fingerprint density at radius 2 is 1.70 bits per heavy atom. The molecule has 0 atom stereocenters. The minimum absolute atomic E-state index is 0.146. The van der Waals surface area contributed by atoms with Crippen LogP contribution in [0.2, 0.25) is 0 Å². The maximum absolute atomic E-state index is 12.1. The van der Waals surface area contributed by atoms with Crippen LogP contribution in [0.15, 0.2) is 54.3 Å². The Labute approximate surface area is 116 Å².